The molecule has 8 nitrogen and oxygen atoms in total. The third-order valence-corrected chi connectivity index (χ3v) is 7.00. The molecule has 8 heteroatoms. The third-order valence-electron chi connectivity index (χ3n) is 7.00. The number of ether oxygens (including phenoxy) is 1. The molecule has 0 N–H and O–H groups in total. The number of nitriles is 1. The second kappa shape index (κ2) is 10.0. The molecule has 36 heavy (non-hydrogen) atoms. The van der Waals surface area contributed by atoms with E-state index in [4.69, 9.17) is 9.72 Å². The smallest absolute Gasteiger partial charge is 0.225 e. The van der Waals surface area contributed by atoms with Crippen molar-refractivity contribution in [3.8, 4) is 17.2 Å². The van der Waals surface area contributed by atoms with Crippen molar-refractivity contribution in [3.63, 3.8) is 0 Å². The molecule has 1 amide bonds. The largest absolute Gasteiger partial charge is 0.384 e. The Kier molecular flexibility index (Phi) is 6.66. The first-order chi connectivity index (χ1) is 17.5. The lowest BCUT2D eigenvalue weighted by Gasteiger charge is -2.41. The van der Waals surface area contributed by atoms with Crippen LogP contribution in [0, 0.1) is 11.3 Å². The Morgan fingerprint density at radius 1 is 1.28 bits per heavy atom. The fourth-order valence-corrected chi connectivity index (χ4v) is 4.98. The topological polar surface area (TPSA) is 95.2 Å². The Balaban J connectivity index is 1.51. The summed E-state index contributed by atoms with van der Waals surface area (Å²) in [4.78, 5) is 30.8. The van der Waals surface area contributed by atoms with E-state index < -0.39 is 0 Å². The summed E-state index contributed by atoms with van der Waals surface area (Å²) in [6, 6.07) is 10.4. The number of hydrogen-bond acceptors (Lipinski definition) is 7. The van der Waals surface area contributed by atoms with Crippen molar-refractivity contribution in [3.05, 3.63) is 54.1 Å². The molecule has 0 unspecified atom stereocenters. The predicted molar refractivity (Wildman–Crippen MR) is 139 cm³/mol. The summed E-state index contributed by atoms with van der Waals surface area (Å²) in [6.45, 7) is 8.12. The minimum atomic E-state index is 0.0229. The van der Waals surface area contributed by atoms with Crippen molar-refractivity contribution in [2.45, 2.75) is 38.1 Å². The molecule has 184 valence electrons. The molecule has 1 atom stereocenters. The number of fused-ring (bicyclic) bond motifs is 1. The van der Waals surface area contributed by atoms with Crippen LogP contribution in [0.2, 0.25) is 0 Å². The van der Waals surface area contributed by atoms with Crippen molar-refractivity contribution in [2.75, 3.05) is 38.3 Å². The molecular formula is C28H30N6O2. The van der Waals surface area contributed by atoms with Gasteiger partial charge >= 0.3 is 0 Å². The number of carbonyl (C=O) groups excluding carboxylic acids is 1. The van der Waals surface area contributed by atoms with Crippen molar-refractivity contribution in [1.82, 2.24) is 19.9 Å². The molecule has 1 aliphatic carbocycles. The summed E-state index contributed by atoms with van der Waals surface area (Å²) >= 11 is 0. The van der Waals surface area contributed by atoms with Gasteiger partial charge in [0.05, 0.1) is 29.8 Å². The quantitative estimate of drug-likeness (QED) is 0.499. The second-order valence-electron chi connectivity index (χ2n) is 9.47. The van der Waals surface area contributed by atoms with E-state index in [1.807, 2.05) is 36.2 Å². The van der Waals surface area contributed by atoms with Crippen LogP contribution in [-0.4, -0.2) is 65.2 Å². The zero-order valence-corrected chi connectivity index (χ0v) is 20.8. The van der Waals surface area contributed by atoms with Crippen molar-refractivity contribution in [2.24, 2.45) is 0 Å². The van der Waals surface area contributed by atoms with Crippen LogP contribution in [-0.2, 0) is 9.53 Å². The van der Waals surface area contributed by atoms with Gasteiger partial charge in [-0.15, -0.1) is 0 Å². The standard InChI is InChI=1S/C28H30N6O2/c1-4-25-30-16-23-21(6-5-7-24(23)31-25)22-14-20(15-29)28(32-27(22)19-8-9-19)33-11-12-34(18(2)17-33)26(35)10-13-36-3/h4-7,14,16,18-19H,1,8-13,17H2,2-3H3/t18-/m1/s1. The highest BCUT2D eigenvalue weighted by Crippen LogP contribution is 2.46. The Morgan fingerprint density at radius 3 is 2.81 bits per heavy atom. The summed E-state index contributed by atoms with van der Waals surface area (Å²) in [5.41, 5.74) is 4.36. The molecule has 2 aromatic heterocycles. The first-order valence-corrected chi connectivity index (χ1v) is 12.4. The molecule has 3 aromatic rings. The third kappa shape index (κ3) is 4.54. The van der Waals surface area contributed by atoms with E-state index in [1.54, 1.807) is 13.2 Å². The highest BCUT2D eigenvalue weighted by atomic mass is 16.5. The number of piperazine rings is 1. The molecular weight excluding hydrogens is 452 g/mol. The highest BCUT2D eigenvalue weighted by Gasteiger charge is 2.33. The minimum absolute atomic E-state index is 0.0229. The van der Waals surface area contributed by atoms with E-state index in [0.717, 1.165) is 40.6 Å². The summed E-state index contributed by atoms with van der Waals surface area (Å²) in [5.74, 6) is 1.78. The fraction of sp³-hybridized carbons (Fsp3) is 0.393. The molecule has 3 heterocycles. The van der Waals surface area contributed by atoms with Gasteiger partial charge in [0.15, 0.2) is 5.82 Å². The molecule has 1 aromatic carbocycles. The second-order valence-corrected chi connectivity index (χ2v) is 9.47. The number of benzene rings is 1. The van der Waals surface area contributed by atoms with Gasteiger partial charge in [-0.25, -0.2) is 15.0 Å². The van der Waals surface area contributed by atoms with Crippen LogP contribution >= 0.6 is 0 Å². The van der Waals surface area contributed by atoms with Crippen molar-refractivity contribution in [1.29, 1.82) is 5.26 Å². The molecule has 0 bridgehead atoms. The van der Waals surface area contributed by atoms with Gasteiger partial charge in [0.25, 0.3) is 0 Å². The first-order valence-electron chi connectivity index (χ1n) is 12.4. The van der Waals surface area contributed by atoms with Gasteiger partial charge < -0.3 is 14.5 Å². The van der Waals surface area contributed by atoms with Gasteiger partial charge in [0, 0.05) is 55.9 Å². The molecule has 1 saturated carbocycles. The number of aromatic nitrogens is 3. The number of hydrogen-bond donors (Lipinski definition) is 0. The number of rotatable bonds is 7. The summed E-state index contributed by atoms with van der Waals surface area (Å²) in [6.07, 6.45) is 6.02. The lowest BCUT2D eigenvalue weighted by atomic mass is 9.96. The molecule has 2 fully saturated rings. The Morgan fingerprint density at radius 2 is 2.11 bits per heavy atom. The lowest BCUT2D eigenvalue weighted by molar-refractivity contribution is -0.134. The Bertz CT molecular complexity index is 1360. The summed E-state index contributed by atoms with van der Waals surface area (Å²) < 4.78 is 5.07. The number of anilines is 1. The van der Waals surface area contributed by atoms with Gasteiger partial charge in [-0.3, -0.25) is 4.79 Å². The SMILES string of the molecule is C=Cc1ncc2c(-c3cc(C#N)c(N4CCN(C(=O)CCOC)[C@H](C)C4)nc3C3CC3)cccc2n1. The van der Waals surface area contributed by atoms with Gasteiger partial charge in [-0.05, 0) is 43.5 Å². The summed E-state index contributed by atoms with van der Waals surface area (Å²) in [5, 5.41) is 11.1. The van der Waals surface area contributed by atoms with Crippen LogP contribution in [0.1, 0.15) is 49.2 Å². The maximum atomic E-state index is 12.6. The molecule has 1 saturated heterocycles. The van der Waals surface area contributed by atoms with Crippen LogP contribution in [0.25, 0.3) is 28.1 Å². The Hall–Kier alpha value is -3.83. The number of nitrogens with zero attached hydrogens (tertiary/aromatic N) is 6. The highest BCUT2D eigenvalue weighted by molar-refractivity contribution is 5.95. The van der Waals surface area contributed by atoms with Crippen LogP contribution in [0.3, 0.4) is 0 Å². The van der Waals surface area contributed by atoms with E-state index in [9.17, 15) is 10.1 Å². The molecule has 0 radical (unpaired) electrons. The lowest BCUT2D eigenvalue weighted by Crippen LogP contribution is -2.54. The average Bonchev–Trinajstić information content (AvgIpc) is 3.75. The molecule has 2 aliphatic rings. The molecule has 1 aliphatic heterocycles. The van der Waals surface area contributed by atoms with Crippen LogP contribution < -0.4 is 4.90 Å². The molecule has 0 spiro atoms. The van der Waals surface area contributed by atoms with Gasteiger partial charge in [-0.1, -0.05) is 18.7 Å². The summed E-state index contributed by atoms with van der Waals surface area (Å²) in [7, 11) is 1.61. The van der Waals surface area contributed by atoms with Gasteiger partial charge in [0.2, 0.25) is 5.91 Å². The van der Waals surface area contributed by atoms with Crippen molar-refractivity contribution < 1.29 is 9.53 Å². The van der Waals surface area contributed by atoms with Crippen LogP contribution in [0.4, 0.5) is 5.82 Å². The number of carbonyl (C=O) groups is 1. The van der Waals surface area contributed by atoms with Gasteiger partial charge in [-0.2, -0.15) is 5.26 Å². The fourth-order valence-electron chi connectivity index (χ4n) is 4.98. The zero-order chi connectivity index (χ0) is 25.2. The molecule has 5 rings (SSSR count). The van der Waals surface area contributed by atoms with E-state index in [-0.39, 0.29) is 11.9 Å². The predicted octanol–water partition coefficient (Wildman–Crippen LogP) is 4.16. The number of amides is 1. The van der Waals surface area contributed by atoms with E-state index in [0.29, 0.717) is 55.8 Å². The average molecular weight is 483 g/mol. The number of methoxy groups -OCH3 is 1. The van der Waals surface area contributed by atoms with E-state index >= 15 is 0 Å². The van der Waals surface area contributed by atoms with E-state index in [1.165, 1.54) is 0 Å². The van der Waals surface area contributed by atoms with Crippen LogP contribution in [0.5, 0.6) is 0 Å². The van der Waals surface area contributed by atoms with E-state index in [2.05, 4.69) is 33.6 Å². The maximum absolute atomic E-state index is 12.6. The maximum Gasteiger partial charge on any atom is 0.225 e. The van der Waals surface area contributed by atoms with Gasteiger partial charge in [0.1, 0.15) is 11.9 Å². The monoisotopic (exact) mass is 482 g/mol. The minimum Gasteiger partial charge on any atom is -0.384 e. The Labute approximate surface area is 211 Å². The number of pyridine rings is 1. The normalized spacial score (nSPS) is 17.8. The van der Waals surface area contributed by atoms with Crippen LogP contribution in [0.15, 0.2) is 37.0 Å². The first kappa shape index (κ1) is 23.9. The zero-order valence-electron chi connectivity index (χ0n) is 20.8. The van der Waals surface area contributed by atoms with Crippen molar-refractivity contribution >= 4 is 28.7 Å².